The molecule has 2 amide bonds. The maximum absolute atomic E-state index is 12.8. The quantitative estimate of drug-likeness (QED) is 0.329. The number of pyridine rings is 1. The topological polar surface area (TPSA) is 149 Å². The van der Waals surface area contributed by atoms with E-state index < -0.39 is 17.7 Å². The third kappa shape index (κ3) is 9.04. The van der Waals surface area contributed by atoms with Gasteiger partial charge >= 0.3 is 12.5 Å². The predicted octanol–water partition coefficient (Wildman–Crippen LogP) is 4.94. The Labute approximate surface area is 277 Å². The van der Waals surface area contributed by atoms with Crippen molar-refractivity contribution in [3.63, 3.8) is 0 Å². The van der Waals surface area contributed by atoms with Gasteiger partial charge in [-0.1, -0.05) is 0 Å². The minimum atomic E-state index is -4.86. The van der Waals surface area contributed by atoms with Gasteiger partial charge in [0.2, 0.25) is 5.91 Å². The molecule has 2 aromatic rings. The van der Waals surface area contributed by atoms with E-state index >= 15 is 0 Å². The van der Waals surface area contributed by atoms with Crippen LogP contribution in [0.15, 0.2) is 30.6 Å². The Morgan fingerprint density at radius 3 is 2.31 bits per heavy atom. The standard InChI is InChI=1S/C32H42F3N9O4/c1-21(45)42-13-8-31(9-14-42)19-44(20-31)27-16-26(39-25-15-24(5-10-37-25)47-32(33,34)35)40-28(41-27)22(17-36)18-38-23-6-11-43(12-7-23)29(46)48-30(2,3)4/h5,10,15-18,23,36,38H,6-9,11-14,19-20H2,1-4H3,(H,37,39,40,41)/b22-18+,36-17?. The predicted molar refractivity (Wildman–Crippen MR) is 173 cm³/mol. The van der Waals surface area contributed by atoms with E-state index in [1.165, 1.54) is 6.20 Å². The number of hydrogen-bond donors (Lipinski definition) is 3. The molecule has 260 valence electrons. The number of nitrogens with zero attached hydrogens (tertiary/aromatic N) is 6. The van der Waals surface area contributed by atoms with Gasteiger partial charge in [0, 0.05) is 88.4 Å². The summed E-state index contributed by atoms with van der Waals surface area (Å²) in [6.07, 6.45) is 1.91. The summed E-state index contributed by atoms with van der Waals surface area (Å²) in [4.78, 5) is 43.4. The van der Waals surface area contributed by atoms with Crippen LogP contribution in [0.3, 0.4) is 0 Å². The van der Waals surface area contributed by atoms with Gasteiger partial charge in [-0.2, -0.15) is 0 Å². The zero-order valence-corrected chi connectivity index (χ0v) is 27.6. The Hall–Kier alpha value is -4.63. The molecule has 3 saturated heterocycles. The number of piperidine rings is 2. The van der Waals surface area contributed by atoms with Gasteiger partial charge in [-0.15, -0.1) is 13.2 Å². The summed E-state index contributed by atoms with van der Waals surface area (Å²) in [7, 11) is 0. The molecule has 1 spiro atoms. The number of alkyl halides is 3. The van der Waals surface area contributed by atoms with Crippen molar-refractivity contribution in [2.75, 3.05) is 49.5 Å². The van der Waals surface area contributed by atoms with Crippen molar-refractivity contribution in [2.24, 2.45) is 5.41 Å². The summed E-state index contributed by atoms with van der Waals surface area (Å²) >= 11 is 0. The first-order chi connectivity index (χ1) is 22.6. The number of ether oxygens (including phenoxy) is 2. The molecule has 0 aliphatic carbocycles. The van der Waals surface area contributed by atoms with Crippen LogP contribution in [0.1, 0.15) is 59.2 Å². The molecule has 5 heterocycles. The van der Waals surface area contributed by atoms with Crippen LogP contribution in [0.25, 0.3) is 5.57 Å². The number of allylic oxidation sites excluding steroid dienone is 1. The Morgan fingerprint density at radius 1 is 1.02 bits per heavy atom. The summed E-state index contributed by atoms with van der Waals surface area (Å²) in [5.41, 5.74) is -0.123. The maximum atomic E-state index is 12.8. The first-order valence-electron chi connectivity index (χ1n) is 15.9. The summed E-state index contributed by atoms with van der Waals surface area (Å²) < 4.78 is 48.0. The van der Waals surface area contributed by atoms with E-state index in [1.54, 1.807) is 24.1 Å². The van der Waals surface area contributed by atoms with Crippen LogP contribution in [0.2, 0.25) is 0 Å². The van der Waals surface area contributed by atoms with Crippen molar-refractivity contribution >= 4 is 41.2 Å². The minimum Gasteiger partial charge on any atom is -0.444 e. The molecule has 3 N–H and O–H groups in total. The average Bonchev–Trinajstić information content (AvgIpc) is 2.99. The van der Waals surface area contributed by atoms with Gasteiger partial charge in [0.05, 0.1) is 5.57 Å². The Balaban J connectivity index is 1.33. The molecule has 0 aromatic carbocycles. The van der Waals surface area contributed by atoms with Crippen LogP contribution in [-0.2, 0) is 9.53 Å². The normalized spacial score (nSPS) is 18.6. The molecule has 0 radical (unpaired) electrons. The Kier molecular flexibility index (Phi) is 10.0. The molecule has 2 aromatic heterocycles. The van der Waals surface area contributed by atoms with E-state index in [1.807, 2.05) is 25.7 Å². The molecule has 0 bridgehead atoms. The Bertz CT molecular complexity index is 1520. The first-order valence-corrected chi connectivity index (χ1v) is 15.9. The number of likely N-dealkylation sites (tertiary alicyclic amines) is 2. The Morgan fingerprint density at radius 2 is 1.71 bits per heavy atom. The van der Waals surface area contributed by atoms with Crippen molar-refractivity contribution in [1.82, 2.24) is 30.1 Å². The van der Waals surface area contributed by atoms with Crippen LogP contribution >= 0.6 is 0 Å². The molecular weight excluding hydrogens is 631 g/mol. The van der Waals surface area contributed by atoms with Crippen LogP contribution in [0.5, 0.6) is 5.75 Å². The number of nitrogens with one attached hydrogen (secondary N) is 3. The number of carbonyl (C=O) groups excluding carboxylic acids is 2. The number of hydrogen-bond acceptors (Lipinski definition) is 11. The van der Waals surface area contributed by atoms with Crippen molar-refractivity contribution in [2.45, 2.75) is 71.4 Å². The first kappa shape index (κ1) is 34.7. The molecule has 3 fully saturated rings. The lowest BCUT2D eigenvalue weighted by Gasteiger charge is -2.54. The number of carbonyl (C=O) groups is 2. The van der Waals surface area contributed by atoms with Crippen LogP contribution in [0.4, 0.5) is 35.4 Å². The fraction of sp³-hybridized carbons (Fsp3) is 0.562. The van der Waals surface area contributed by atoms with E-state index in [9.17, 15) is 22.8 Å². The molecule has 13 nitrogen and oxygen atoms in total. The third-order valence-electron chi connectivity index (χ3n) is 8.61. The lowest BCUT2D eigenvalue weighted by atomic mass is 9.72. The largest absolute Gasteiger partial charge is 0.573 e. The molecule has 0 saturated carbocycles. The molecule has 0 atom stereocenters. The second-order valence-electron chi connectivity index (χ2n) is 13.5. The van der Waals surface area contributed by atoms with Crippen LogP contribution < -0.4 is 20.3 Å². The van der Waals surface area contributed by atoms with Gasteiger partial charge < -0.3 is 40.2 Å². The van der Waals surface area contributed by atoms with Gasteiger partial charge in [-0.05, 0) is 52.5 Å². The molecule has 48 heavy (non-hydrogen) atoms. The van der Waals surface area contributed by atoms with E-state index in [0.29, 0.717) is 50.4 Å². The second-order valence-corrected chi connectivity index (χ2v) is 13.5. The van der Waals surface area contributed by atoms with E-state index in [-0.39, 0.29) is 40.9 Å². The molecule has 3 aliphatic heterocycles. The highest BCUT2D eigenvalue weighted by molar-refractivity contribution is 6.06. The SMILES string of the molecule is CC(=O)N1CCC2(CC1)CN(c1cc(Nc3cc(OC(F)(F)F)ccn3)nc(/C(C=N)=C/NC3CCN(C(=O)OC(C)(C)C)CC3)n1)C2. The summed E-state index contributed by atoms with van der Waals surface area (Å²) in [6.45, 7) is 11.0. The molecular formula is C32H42F3N9O4. The smallest absolute Gasteiger partial charge is 0.444 e. The summed E-state index contributed by atoms with van der Waals surface area (Å²) in [5.74, 6) is 0.820. The number of amides is 2. The van der Waals surface area contributed by atoms with Gasteiger partial charge in [-0.3, -0.25) is 4.79 Å². The van der Waals surface area contributed by atoms with Crippen molar-refractivity contribution in [3.05, 3.63) is 36.4 Å². The molecule has 16 heteroatoms. The lowest BCUT2D eigenvalue weighted by Crippen LogP contribution is -2.61. The highest BCUT2D eigenvalue weighted by Crippen LogP contribution is 2.42. The molecule has 0 unspecified atom stereocenters. The fourth-order valence-electron chi connectivity index (χ4n) is 6.07. The van der Waals surface area contributed by atoms with Crippen molar-refractivity contribution in [3.8, 4) is 5.75 Å². The summed E-state index contributed by atoms with van der Waals surface area (Å²) in [5, 5.41) is 14.5. The van der Waals surface area contributed by atoms with E-state index in [4.69, 9.17) is 15.1 Å². The van der Waals surface area contributed by atoms with Crippen LogP contribution in [-0.4, -0.2) is 100 Å². The van der Waals surface area contributed by atoms with E-state index in [0.717, 1.165) is 44.3 Å². The van der Waals surface area contributed by atoms with Crippen LogP contribution in [0, 0.1) is 10.8 Å². The number of aromatic nitrogens is 3. The highest BCUT2D eigenvalue weighted by Gasteiger charge is 2.46. The monoisotopic (exact) mass is 673 g/mol. The van der Waals surface area contributed by atoms with Crippen molar-refractivity contribution < 1.29 is 32.2 Å². The maximum Gasteiger partial charge on any atom is 0.573 e. The number of halogens is 3. The molecule has 5 rings (SSSR count). The second kappa shape index (κ2) is 13.8. The third-order valence-corrected chi connectivity index (χ3v) is 8.61. The number of anilines is 3. The zero-order chi connectivity index (χ0) is 34.7. The summed E-state index contributed by atoms with van der Waals surface area (Å²) in [6, 6.07) is 3.96. The minimum absolute atomic E-state index is 0.0381. The van der Waals surface area contributed by atoms with Gasteiger partial charge in [0.1, 0.15) is 28.8 Å². The average molecular weight is 674 g/mol. The van der Waals surface area contributed by atoms with Gasteiger partial charge in [-0.25, -0.2) is 19.7 Å². The highest BCUT2D eigenvalue weighted by atomic mass is 19.4. The van der Waals surface area contributed by atoms with Crippen molar-refractivity contribution in [1.29, 1.82) is 5.41 Å². The lowest BCUT2D eigenvalue weighted by molar-refractivity contribution is -0.274. The van der Waals surface area contributed by atoms with Gasteiger partial charge in [0.15, 0.2) is 5.82 Å². The number of rotatable bonds is 8. The van der Waals surface area contributed by atoms with Gasteiger partial charge in [0.25, 0.3) is 0 Å². The zero-order valence-electron chi connectivity index (χ0n) is 27.6. The van der Waals surface area contributed by atoms with E-state index in [2.05, 4.69) is 30.2 Å². The fourth-order valence-corrected chi connectivity index (χ4v) is 6.07. The molecule has 3 aliphatic rings.